The molecule has 0 spiro atoms. The Hall–Kier alpha value is -2.55. The number of pyridine rings is 2. The molecule has 7 nitrogen and oxygen atoms in total. The SMILES string of the molecule is CSc1nc(C)ccc1N(O)C(C)c1cc(C)cc2c(=O)n(C)c(N3CCN(C)C(C)C3)cc12. The van der Waals surface area contributed by atoms with Gasteiger partial charge in [-0.05, 0) is 81.8 Å². The van der Waals surface area contributed by atoms with Gasteiger partial charge in [0.25, 0.3) is 5.56 Å². The Balaban J connectivity index is 1.84. The topological polar surface area (TPSA) is 64.8 Å². The molecule has 0 saturated carbocycles. The van der Waals surface area contributed by atoms with Crippen molar-refractivity contribution in [3.63, 3.8) is 0 Å². The van der Waals surface area contributed by atoms with Crippen molar-refractivity contribution < 1.29 is 5.21 Å². The van der Waals surface area contributed by atoms with Gasteiger partial charge in [-0.25, -0.2) is 10.0 Å². The average Bonchev–Trinajstić information content (AvgIpc) is 2.82. The Bertz CT molecular complexity index is 1270. The molecular formula is C26H35N5O2S. The van der Waals surface area contributed by atoms with Crippen molar-refractivity contribution in [1.82, 2.24) is 14.5 Å². The predicted octanol–water partition coefficient (Wildman–Crippen LogP) is 4.37. The molecule has 3 heterocycles. The van der Waals surface area contributed by atoms with Crippen molar-refractivity contribution in [2.45, 2.75) is 44.8 Å². The number of fused-ring (bicyclic) bond motifs is 1. The van der Waals surface area contributed by atoms with Crippen molar-refractivity contribution in [1.29, 1.82) is 0 Å². The monoisotopic (exact) mass is 481 g/mol. The van der Waals surface area contributed by atoms with Crippen molar-refractivity contribution in [3.8, 4) is 0 Å². The fraction of sp³-hybridized carbons (Fsp3) is 0.462. The van der Waals surface area contributed by atoms with Gasteiger partial charge in [-0.1, -0.05) is 6.07 Å². The van der Waals surface area contributed by atoms with Gasteiger partial charge >= 0.3 is 0 Å². The lowest BCUT2D eigenvalue weighted by Crippen LogP contribution is -2.51. The average molecular weight is 482 g/mol. The number of rotatable bonds is 5. The number of nitrogens with zero attached hydrogens (tertiary/aromatic N) is 5. The number of hydroxylamine groups is 1. The van der Waals surface area contributed by atoms with Crippen LogP contribution in [0.5, 0.6) is 0 Å². The fourth-order valence-electron chi connectivity index (χ4n) is 4.77. The van der Waals surface area contributed by atoms with Crippen LogP contribution in [0, 0.1) is 13.8 Å². The molecule has 1 aliphatic rings. The Morgan fingerprint density at radius 1 is 1.15 bits per heavy atom. The maximum atomic E-state index is 13.5. The smallest absolute Gasteiger partial charge is 0.259 e. The molecule has 1 aromatic carbocycles. The molecule has 0 aliphatic carbocycles. The third-order valence-corrected chi connectivity index (χ3v) is 7.72. The standard InChI is InChI=1S/C26H35N5O2S/c1-16-12-20(19(4)31(33)23-9-8-17(2)27-25(23)34-7)21-14-24(29(6)26(32)22(21)13-16)30-11-10-28(5)18(3)15-30/h8-9,12-14,18-19,33H,10-11,15H2,1-7H3. The lowest BCUT2D eigenvalue weighted by molar-refractivity contribution is 0.221. The van der Waals surface area contributed by atoms with Crippen molar-refractivity contribution in [2.24, 2.45) is 7.05 Å². The molecule has 1 aliphatic heterocycles. The summed E-state index contributed by atoms with van der Waals surface area (Å²) in [6.45, 7) is 10.8. The third-order valence-electron chi connectivity index (χ3n) is 7.03. The van der Waals surface area contributed by atoms with E-state index in [0.29, 0.717) is 17.1 Å². The third kappa shape index (κ3) is 4.42. The number of hydrogen-bond donors (Lipinski definition) is 1. The molecule has 182 valence electrons. The highest BCUT2D eigenvalue weighted by molar-refractivity contribution is 7.98. The first kappa shape index (κ1) is 24.6. The van der Waals surface area contributed by atoms with Crippen molar-refractivity contribution in [2.75, 3.05) is 42.9 Å². The van der Waals surface area contributed by atoms with E-state index in [9.17, 15) is 10.0 Å². The van der Waals surface area contributed by atoms with E-state index in [1.807, 2.05) is 52.3 Å². The van der Waals surface area contributed by atoms with Crippen LogP contribution in [0.25, 0.3) is 10.8 Å². The van der Waals surface area contributed by atoms with E-state index in [-0.39, 0.29) is 11.6 Å². The fourth-order valence-corrected chi connectivity index (χ4v) is 5.38. The van der Waals surface area contributed by atoms with E-state index in [1.54, 1.807) is 4.57 Å². The number of aromatic nitrogens is 2. The maximum absolute atomic E-state index is 13.5. The lowest BCUT2D eigenvalue weighted by atomic mass is 9.97. The summed E-state index contributed by atoms with van der Waals surface area (Å²) in [5, 5.41) is 14.9. The molecule has 1 N–H and O–H groups in total. The van der Waals surface area contributed by atoms with Crippen molar-refractivity contribution >= 4 is 34.0 Å². The van der Waals surface area contributed by atoms with Crippen LogP contribution in [0.1, 0.15) is 36.7 Å². The molecule has 2 unspecified atom stereocenters. The first-order valence-corrected chi connectivity index (χ1v) is 12.9. The molecule has 1 saturated heterocycles. The quantitative estimate of drug-likeness (QED) is 0.429. The predicted molar refractivity (Wildman–Crippen MR) is 142 cm³/mol. The number of hydrogen-bond acceptors (Lipinski definition) is 7. The molecule has 0 radical (unpaired) electrons. The van der Waals surface area contributed by atoms with Crippen LogP contribution in [0.4, 0.5) is 11.5 Å². The minimum atomic E-state index is -0.371. The minimum Gasteiger partial charge on any atom is -0.355 e. The Morgan fingerprint density at radius 3 is 2.56 bits per heavy atom. The summed E-state index contributed by atoms with van der Waals surface area (Å²) in [6, 6.07) is 9.99. The number of benzene rings is 1. The van der Waals surface area contributed by atoms with E-state index in [2.05, 4.69) is 40.9 Å². The highest BCUT2D eigenvalue weighted by Gasteiger charge is 2.26. The van der Waals surface area contributed by atoms with Crippen LogP contribution in [-0.2, 0) is 7.05 Å². The number of thioether (sulfide) groups is 1. The van der Waals surface area contributed by atoms with Crippen LogP contribution in [-0.4, -0.2) is 58.6 Å². The molecule has 0 amide bonds. The highest BCUT2D eigenvalue weighted by atomic mass is 32.2. The molecule has 4 rings (SSSR count). The zero-order valence-corrected chi connectivity index (χ0v) is 22.0. The van der Waals surface area contributed by atoms with Gasteiger partial charge in [0.15, 0.2) is 0 Å². The first-order valence-electron chi connectivity index (χ1n) is 11.7. The minimum absolute atomic E-state index is 0.0115. The van der Waals surface area contributed by atoms with Crippen molar-refractivity contribution in [3.05, 3.63) is 57.5 Å². The maximum Gasteiger partial charge on any atom is 0.259 e. The Labute approximate surface area is 206 Å². The summed E-state index contributed by atoms with van der Waals surface area (Å²) in [5.74, 6) is 0.918. The van der Waals surface area contributed by atoms with Gasteiger partial charge < -0.3 is 9.80 Å². The zero-order chi connectivity index (χ0) is 24.7. The normalized spacial score (nSPS) is 17.9. The van der Waals surface area contributed by atoms with Crippen LogP contribution in [0.3, 0.4) is 0 Å². The van der Waals surface area contributed by atoms with Gasteiger partial charge in [0.05, 0.1) is 11.7 Å². The summed E-state index contributed by atoms with van der Waals surface area (Å²) >= 11 is 1.51. The van der Waals surface area contributed by atoms with Gasteiger partial charge in [0.1, 0.15) is 10.8 Å². The van der Waals surface area contributed by atoms with Crippen LogP contribution in [0.2, 0.25) is 0 Å². The number of piperazine rings is 1. The number of anilines is 2. The summed E-state index contributed by atoms with van der Waals surface area (Å²) in [4.78, 5) is 22.7. The van der Waals surface area contributed by atoms with Crippen LogP contribution in [0.15, 0.2) is 40.2 Å². The van der Waals surface area contributed by atoms with E-state index in [0.717, 1.165) is 52.7 Å². The van der Waals surface area contributed by atoms with E-state index in [1.165, 1.54) is 16.8 Å². The second-order valence-electron chi connectivity index (χ2n) is 9.46. The molecule has 3 aromatic rings. The molecule has 2 aromatic heterocycles. The highest BCUT2D eigenvalue weighted by Crippen LogP contribution is 2.35. The second kappa shape index (κ2) is 9.60. The Morgan fingerprint density at radius 2 is 1.88 bits per heavy atom. The van der Waals surface area contributed by atoms with Gasteiger partial charge in [-0.2, -0.15) is 0 Å². The lowest BCUT2D eigenvalue weighted by Gasteiger charge is -2.39. The molecule has 34 heavy (non-hydrogen) atoms. The molecule has 0 bridgehead atoms. The zero-order valence-electron chi connectivity index (χ0n) is 21.2. The number of aryl methyl sites for hydroxylation is 2. The molecular weight excluding hydrogens is 446 g/mol. The first-order chi connectivity index (χ1) is 16.1. The van der Waals surface area contributed by atoms with Gasteiger partial charge in [-0.15, -0.1) is 11.8 Å². The van der Waals surface area contributed by atoms with Crippen LogP contribution >= 0.6 is 11.8 Å². The summed E-state index contributed by atoms with van der Waals surface area (Å²) in [6.07, 6.45) is 1.96. The summed E-state index contributed by atoms with van der Waals surface area (Å²) in [7, 11) is 4.00. The molecule has 2 atom stereocenters. The van der Waals surface area contributed by atoms with Gasteiger partial charge in [0, 0.05) is 43.8 Å². The van der Waals surface area contributed by atoms with E-state index < -0.39 is 0 Å². The molecule has 1 fully saturated rings. The van der Waals surface area contributed by atoms with E-state index in [4.69, 9.17) is 0 Å². The molecule has 8 heteroatoms. The summed E-state index contributed by atoms with van der Waals surface area (Å²) in [5.41, 5.74) is 3.48. The largest absolute Gasteiger partial charge is 0.355 e. The van der Waals surface area contributed by atoms with E-state index >= 15 is 0 Å². The van der Waals surface area contributed by atoms with Crippen LogP contribution < -0.4 is 15.5 Å². The van der Waals surface area contributed by atoms with Gasteiger partial charge in [-0.3, -0.25) is 14.6 Å². The summed E-state index contributed by atoms with van der Waals surface area (Å²) < 4.78 is 1.76. The second-order valence-corrected chi connectivity index (χ2v) is 10.3. The number of likely N-dealkylation sites (N-methyl/N-ethyl adjacent to an activating group) is 1. The Kier molecular flexibility index (Phi) is 6.94. The van der Waals surface area contributed by atoms with Gasteiger partial charge in [0.2, 0.25) is 0 Å².